The second-order valence-corrected chi connectivity index (χ2v) is 9.23. The number of hydrogen-bond acceptors (Lipinski definition) is 6. The number of amides is 1. The van der Waals surface area contributed by atoms with E-state index in [0.717, 1.165) is 28.0 Å². The van der Waals surface area contributed by atoms with Gasteiger partial charge in [-0.15, -0.1) is 0 Å². The number of carbonyl (C=O) groups is 1. The Bertz CT molecular complexity index is 1120. The first-order chi connectivity index (χ1) is 12.4. The van der Waals surface area contributed by atoms with Crippen LogP contribution in [0.4, 0.5) is 5.13 Å². The molecule has 8 heteroatoms. The van der Waals surface area contributed by atoms with E-state index in [1.165, 1.54) is 23.7 Å². The highest BCUT2D eigenvalue weighted by Crippen LogP contribution is 2.29. The molecule has 0 fully saturated rings. The molecule has 134 valence electrons. The van der Waals surface area contributed by atoms with Gasteiger partial charge >= 0.3 is 0 Å². The van der Waals surface area contributed by atoms with Gasteiger partial charge < -0.3 is 10.1 Å². The second kappa shape index (κ2) is 6.37. The number of rotatable bonds is 4. The van der Waals surface area contributed by atoms with E-state index >= 15 is 0 Å². The third kappa shape index (κ3) is 3.42. The van der Waals surface area contributed by atoms with Crippen LogP contribution in [-0.2, 0) is 27.5 Å². The molecule has 1 N–H and O–H groups in total. The van der Waals surface area contributed by atoms with Gasteiger partial charge in [-0.05, 0) is 35.4 Å². The monoisotopic (exact) mass is 388 g/mol. The number of nitrogens with zero attached hydrogens (tertiary/aromatic N) is 1. The molecule has 1 aromatic heterocycles. The van der Waals surface area contributed by atoms with E-state index in [9.17, 15) is 13.2 Å². The van der Waals surface area contributed by atoms with Gasteiger partial charge in [0.05, 0.1) is 28.1 Å². The average Bonchev–Trinajstić information content (AvgIpc) is 3.18. The van der Waals surface area contributed by atoms with E-state index in [0.29, 0.717) is 17.3 Å². The average molecular weight is 388 g/mol. The number of hydrogen-bond donors (Lipinski definition) is 1. The quantitative estimate of drug-likeness (QED) is 0.743. The lowest BCUT2D eigenvalue weighted by atomic mass is 10.1. The summed E-state index contributed by atoms with van der Waals surface area (Å²) >= 11 is 1.26. The summed E-state index contributed by atoms with van der Waals surface area (Å²) in [5.74, 6) is 0.730. The van der Waals surface area contributed by atoms with E-state index in [4.69, 9.17) is 4.74 Å². The van der Waals surface area contributed by atoms with Crippen molar-refractivity contribution >= 4 is 42.4 Å². The van der Waals surface area contributed by atoms with Crippen LogP contribution >= 0.6 is 11.3 Å². The van der Waals surface area contributed by atoms with Crippen LogP contribution in [0.5, 0.6) is 5.75 Å². The normalized spacial score (nSPS) is 13.4. The minimum atomic E-state index is -3.27. The van der Waals surface area contributed by atoms with Crippen molar-refractivity contribution in [2.45, 2.75) is 17.7 Å². The van der Waals surface area contributed by atoms with Crippen molar-refractivity contribution in [3.05, 3.63) is 47.5 Å². The van der Waals surface area contributed by atoms with Crippen molar-refractivity contribution in [1.29, 1.82) is 0 Å². The van der Waals surface area contributed by atoms with Gasteiger partial charge in [-0.25, -0.2) is 13.4 Å². The molecule has 1 aliphatic rings. The molecule has 0 saturated heterocycles. The van der Waals surface area contributed by atoms with Crippen LogP contribution in [0.25, 0.3) is 10.2 Å². The Morgan fingerprint density at radius 1 is 1.27 bits per heavy atom. The molecule has 2 heterocycles. The first-order valence-corrected chi connectivity index (χ1v) is 10.7. The number of fused-ring (bicyclic) bond motifs is 2. The lowest BCUT2D eigenvalue weighted by Gasteiger charge is -2.04. The topological polar surface area (TPSA) is 85.4 Å². The highest BCUT2D eigenvalue weighted by atomic mass is 32.2. The summed E-state index contributed by atoms with van der Waals surface area (Å²) < 4.78 is 29.5. The Balaban J connectivity index is 1.50. The van der Waals surface area contributed by atoms with Gasteiger partial charge in [0.25, 0.3) is 0 Å². The fraction of sp³-hybridized carbons (Fsp3) is 0.222. The number of ether oxygens (including phenoxy) is 1. The number of benzene rings is 2. The highest BCUT2D eigenvalue weighted by molar-refractivity contribution is 7.90. The third-order valence-corrected chi connectivity index (χ3v) is 6.20. The lowest BCUT2D eigenvalue weighted by Crippen LogP contribution is -2.14. The Morgan fingerprint density at radius 3 is 2.92 bits per heavy atom. The van der Waals surface area contributed by atoms with Gasteiger partial charge in [0.15, 0.2) is 15.0 Å². The van der Waals surface area contributed by atoms with Crippen LogP contribution in [0.2, 0.25) is 0 Å². The van der Waals surface area contributed by atoms with Crippen molar-refractivity contribution in [3.63, 3.8) is 0 Å². The molecule has 2 aromatic carbocycles. The summed E-state index contributed by atoms with van der Waals surface area (Å²) in [5.41, 5.74) is 2.71. The second-order valence-electron chi connectivity index (χ2n) is 6.19. The highest BCUT2D eigenvalue weighted by Gasteiger charge is 2.15. The van der Waals surface area contributed by atoms with Crippen LogP contribution in [0, 0.1) is 0 Å². The van der Waals surface area contributed by atoms with Crippen LogP contribution < -0.4 is 10.1 Å². The summed E-state index contributed by atoms with van der Waals surface area (Å²) in [7, 11) is -3.27. The van der Waals surface area contributed by atoms with Crippen molar-refractivity contribution in [1.82, 2.24) is 4.98 Å². The number of aromatic nitrogens is 1. The Morgan fingerprint density at radius 2 is 2.12 bits per heavy atom. The van der Waals surface area contributed by atoms with Gasteiger partial charge in [-0.1, -0.05) is 23.5 Å². The largest absolute Gasteiger partial charge is 0.493 e. The minimum absolute atomic E-state index is 0.161. The summed E-state index contributed by atoms with van der Waals surface area (Å²) in [5, 5.41) is 3.25. The zero-order valence-corrected chi connectivity index (χ0v) is 15.6. The molecule has 0 unspecified atom stereocenters. The molecular weight excluding hydrogens is 372 g/mol. The summed E-state index contributed by atoms with van der Waals surface area (Å²) in [6.07, 6.45) is 2.28. The molecular formula is C18H16N2O4S2. The van der Waals surface area contributed by atoms with Gasteiger partial charge in [0.2, 0.25) is 5.91 Å². The maximum atomic E-state index is 12.3. The van der Waals surface area contributed by atoms with Crippen molar-refractivity contribution in [3.8, 4) is 5.75 Å². The summed E-state index contributed by atoms with van der Waals surface area (Å²) in [6, 6.07) is 10.5. The Labute approximate surface area is 154 Å². The molecule has 6 nitrogen and oxygen atoms in total. The standard InChI is InChI=1S/C18H16N2O4S2/c1-26(22,23)13-3-4-14-16(10-13)25-18(19-14)20-17(21)9-11-2-5-15-12(8-11)6-7-24-15/h2-5,8,10H,6-7,9H2,1H3,(H,19,20,21). The zero-order valence-electron chi connectivity index (χ0n) is 14.0. The Hall–Kier alpha value is -2.45. The van der Waals surface area contributed by atoms with Crippen LogP contribution in [0.15, 0.2) is 41.3 Å². The molecule has 26 heavy (non-hydrogen) atoms. The zero-order chi connectivity index (χ0) is 18.3. The molecule has 0 bridgehead atoms. The van der Waals surface area contributed by atoms with Gasteiger partial charge in [0.1, 0.15) is 5.75 Å². The first kappa shape index (κ1) is 17.0. The maximum absolute atomic E-state index is 12.3. The fourth-order valence-corrected chi connectivity index (χ4v) is 4.53. The number of carbonyl (C=O) groups excluding carboxylic acids is 1. The van der Waals surface area contributed by atoms with E-state index < -0.39 is 9.84 Å². The van der Waals surface area contributed by atoms with Crippen molar-refractivity contribution in [2.75, 3.05) is 18.2 Å². The number of nitrogens with one attached hydrogen (secondary N) is 1. The molecule has 0 spiro atoms. The smallest absolute Gasteiger partial charge is 0.230 e. The molecule has 0 saturated carbocycles. The predicted molar refractivity (Wildman–Crippen MR) is 101 cm³/mol. The molecule has 0 atom stereocenters. The van der Waals surface area contributed by atoms with Crippen LogP contribution in [0.3, 0.4) is 0 Å². The molecule has 4 rings (SSSR count). The van der Waals surface area contributed by atoms with Crippen molar-refractivity contribution < 1.29 is 17.9 Å². The number of thiazole rings is 1. The molecule has 1 aliphatic heterocycles. The molecule has 0 radical (unpaired) electrons. The molecule has 0 aliphatic carbocycles. The van der Waals surface area contributed by atoms with Crippen LogP contribution in [0.1, 0.15) is 11.1 Å². The van der Waals surface area contributed by atoms with Gasteiger partial charge in [-0.3, -0.25) is 4.79 Å². The van der Waals surface area contributed by atoms with E-state index in [2.05, 4.69) is 10.3 Å². The minimum Gasteiger partial charge on any atom is -0.493 e. The molecule has 3 aromatic rings. The van der Waals surface area contributed by atoms with E-state index in [1.54, 1.807) is 12.1 Å². The number of sulfone groups is 1. The van der Waals surface area contributed by atoms with E-state index in [-0.39, 0.29) is 17.2 Å². The maximum Gasteiger partial charge on any atom is 0.230 e. The lowest BCUT2D eigenvalue weighted by molar-refractivity contribution is -0.115. The van der Waals surface area contributed by atoms with Crippen LogP contribution in [-0.4, -0.2) is 32.2 Å². The number of anilines is 1. The third-order valence-electron chi connectivity index (χ3n) is 4.15. The predicted octanol–water partition coefficient (Wildman–Crippen LogP) is 2.82. The van der Waals surface area contributed by atoms with E-state index in [1.807, 2.05) is 18.2 Å². The molecule has 1 amide bonds. The SMILES string of the molecule is CS(=O)(=O)c1ccc2nc(NC(=O)Cc3ccc4c(c3)CCO4)sc2c1. The fourth-order valence-electron chi connectivity index (χ4n) is 2.89. The summed E-state index contributed by atoms with van der Waals surface area (Å²) in [4.78, 5) is 16.9. The first-order valence-electron chi connectivity index (χ1n) is 8.03. The Kier molecular flexibility index (Phi) is 4.16. The van der Waals surface area contributed by atoms with Gasteiger partial charge in [0, 0.05) is 12.7 Å². The van der Waals surface area contributed by atoms with Crippen molar-refractivity contribution in [2.24, 2.45) is 0 Å². The van der Waals surface area contributed by atoms with Gasteiger partial charge in [-0.2, -0.15) is 0 Å². The summed E-state index contributed by atoms with van der Waals surface area (Å²) in [6.45, 7) is 0.687.